The summed E-state index contributed by atoms with van der Waals surface area (Å²) >= 11 is 0. The topological polar surface area (TPSA) is 84.2 Å². The van der Waals surface area contributed by atoms with Crippen LogP contribution in [0.2, 0.25) is 0 Å². The molecule has 0 aromatic heterocycles. The number of anilines is 1. The van der Waals surface area contributed by atoms with Crippen LogP contribution in [0.25, 0.3) is 0 Å². The van der Waals surface area contributed by atoms with Gasteiger partial charge in [0, 0.05) is 23.7 Å². The van der Waals surface area contributed by atoms with Crippen LogP contribution >= 0.6 is 0 Å². The molecule has 3 rings (SSSR count). The van der Waals surface area contributed by atoms with Crippen molar-refractivity contribution in [2.45, 2.75) is 38.6 Å². The average molecular weight is 315 g/mol. The molecular weight excluding hydrogens is 290 g/mol. The average Bonchev–Trinajstić information content (AvgIpc) is 3.42. The Bertz CT molecular complexity index is 609. The van der Waals surface area contributed by atoms with Gasteiger partial charge in [0.2, 0.25) is 5.91 Å². The molecule has 124 valence electrons. The van der Waals surface area contributed by atoms with Crippen LogP contribution in [-0.4, -0.2) is 23.9 Å². The van der Waals surface area contributed by atoms with Gasteiger partial charge in [-0.25, -0.2) is 0 Å². The number of nitrogens with two attached hydrogens (primary N) is 1. The quantitative estimate of drug-likeness (QED) is 0.752. The van der Waals surface area contributed by atoms with E-state index in [1.165, 1.54) is 0 Å². The molecule has 5 nitrogen and oxygen atoms in total. The molecule has 1 aromatic rings. The lowest BCUT2D eigenvalue weighted by Crippen LogP contribution is -2.53. The van der Waals surface area contributed by atoms with E-state index in [0.717, 1.165) is 24.9 Å². The van der Waals surface area contributed by atoms with Crippen LogP contribution in [0.3, 0.4) is 0 Å². The van der Waals surface area contributed by atoms with Gasteiger partial charge >= 0.3 is 0 Å². The maximum atomic E-state index is 12.4. The van der Waals surface area contributed by atoms with Crippen molar-refractivity contribution in [1.82, 2.24) is 5.32 Å². The van der Waals surface area contributed by atoms with Gasteiger partial charge in [0.1, 0.15) is 0 Å². The van der Waals surface area contributed by atoms with E-state index in [2.05, 4.69) is 17.6 Å². The Morgan fingerprint density at radius 1 is 1.26 bits per heavy atom. The summed E-state index contributed by atoms with van der Waals surface area (Å²) in [5.74, 6) is 1.06. The van der Waals surface area contributed by atoms with Crippen LogP contribution in [0.4, 0.5) is 5.69 Å². The molecular formula is C18H25N3O2. The van der Waals surface area contributed by atoms with Crippen molar-refractivity contribution in [3.05, 3.63) is 29.8 Å². The predicted octanol–water partition coefficient (Wildman–Crippen LogP) is 2.14. The van der Waals surface area contributed by atoms with E-state index in [-0.39, 0.29) is 23.3 Å². The molecule has 2 aliphatic carbocycles. The molecule has 0 radical (unpaired) electrons. The molecule has 3 unspecified atom stereocenters. The molecule has 0 bridgehead atoms. The summed E-state index contributed by atoms with van der Waals surface area (Å²) in [4.78, 5) is 24.3. The first-order valence-corrected chi connectivity index (χ1v) is 8.36. The van der Waals surface area contributed by atoms with Crippen molar-refractivity contribution in [3.63, 3.8) is 0 Å². The lowest BCUT2D eigenvalue weighted by Gasteiger charge is -2.29. The molecule has 2 fully saturated rings. The molecule has 0 heterocycles. The Morgan fingerprint density at radius 3 is 2.35 bits per heavy atom. The van der Waals surface area contributed by atoms with Gasteiger partial charge in [-0.1, -0.05) is 6.92 Å². The highest BCUT2D eigenvalue weighted by molar-refractivity contribution is 5.97. The summed E-state index contributed by atoms with van der Waals surface area (Å²) in [5.41, 5.74) is 6.83. The van der Waals surface area contributed by atoms with Crippen LogP contribution in [0.5, 0.6) is 0 Å². The molecule has 4 N–H and O–H groups in total. The minimum absolute atomic E-state index is 0.0686. The zero-order chi connectivity index (χ0) is 16.6. The van der Waals surface area contributed by atoms with Crippen LogP contribution in [-0.2, 0) is 4.79 Å². The van der Waals surface area contributed by atoms with Gasteiger partial charge in [-0.05, 0) is 62.3 Å². The molecule has 0 saturated heterocycles. The first-order chi connectivity index (χ1) is 10.9. The SMILES string of the molecule is CC1CC1C(=O)Nc1ccc(C(=O)NC(C)(CN)C2CC2)cc1. The number of carbonyl (C=O) groups excluding carboxylic acids is 2. The molecule has 3 atom stereocenters. The Balaban J connectivity index is 1.60. The summed E-state index contributed by atoms with van der Waals surface area (Å²) in [6.07, 6.45) is 3.21. The standard InChI is InChI=1S/C18H25N3O2/c1-11-9-15(11)17(23)20-14-7-3-12(4-8-14)16(22)21-18(2,10-19)13-5-6-13/h3-4,7-8,11,13,15H,5-6,9-10,19H2,1-2H3,(H,20,23)(H,21,22). The molecule has 23 heavy (non-hydrogen) atoms. The summed E-state index contributed by atoms with van der Waals surface area (Å²) in [5, 5.41) is 5.96. The Hall–Kier alpha value is -1.88. The fraction of sp³-hybridized carbons (Fsp3) is 0.556. The summed E-state index contributed by atoms with van der Waals surface area (Å²) in [7, 11) is 0. The van der Waals surface area contributed by atoms with E-state index in [0.29, 0.717) is 23.9 Å². The summed E-state index contributed by atoms with van der Waals surface area (Å²) in [6, 6.07) is 7.03. The highest BCUT2D eigenvalue weighted by Crippen LogP contribution is 2.39. The van der Waals surface area contributed by atoms with Crippen LogP contribution in [0.15, 0.2) is 24.3 Å². The van der Waals surface area contributed by atoms with Gasteiger partial charge in [-0.15, -0.1) is 0 Å². The van der Waals surface area contributed by atoms with Crippen molar-refractivity contribution in [1.29, 1.82) is 0 Å². The zero-order valence-electron chi connectivity index (χ0n) is 13.8. The van der Waals surface area contributed by atoms with E-state index >= 15 is 0 Å². The second kappa shape index (κ2) is 5.96. The first-order valence-electron chi connectivity index (χ1n) is 8.36. The largest absolute Gasteiger partial charge is 0.345 e. The molecule has 1 aromatic carbocycles. The van der Waals surface area contributed by atoms with Crippen molar-refractivity contribution < 1.29 is 9.59 Å². The van der Waals surface area contributed by atoms with Crippen molar-refractivity contribution in [2.75, 3.05) is 11.9 Å². The van der Waals surface area contributed by atoms with E-state index in [1.807, 2.05) is 6.92 Å². The van der Waals surface area contributed by atoms with Gasteiger partial charge in [-0.3, -0.25) is 9.59 Å². The number of nitrogens with one attached hydrogen (secondary N) is 2. The lowest BCUT2D eigenvalue weighted by atomic mass is 9.95. The van der Waals surface area contributed by atoms with Crippen molar-refractivity contribution in [2.24, 2.45) is 23.5 Å². The third-order valence-corrected chi connectivity index (χ3v) is 5.16. The number of hydrogen-bond donors (Lipinski definition) is 3. The Morgan fingerprint density at radius 2 is 1.87 bits per heavy atom. The monoisotopic (exact) mass is 315 g/mol. The van der Waals surface area contributed by atoms with E-state index in [1.54, 1.807) is 24.3 Å². The predicted molar refractivity (Wildman–Crippen MR) is 90.0 cm³/mol. The minimum atomic E-state index is -0.327. The zero-order valence-corrected chi connectivity index (χ0v) is 13.8. The molecule has 2 saturated carbocycles. The highest BCUT2D eigenvalue weighted by atomic mass is 16.2. The van der Waals surface area contributed by atoms with Crippen molar-refractivity contribution in [3.8, 4) is 0 Å². The number of hydrogen-bond acceptors (Lipinski definition) is 3. The maximum Gasteiger partial charge on any atom is 0.251 e. The fourth-order valence-corrected chi connectivity index (χ4v) is 3.00. The van der Waals surface area contributed by atoms with Gasteiger partial charge < -0.3 is 16.4 Å². The number of amides is 2. The second-order valence-corrected chi connectivity index (χ2v) is 7.24. The van der Waals surface area contributed by atoms with E-state index < -0.39 is 0 Å². The molecule has 5 heteroatoms. The minimum Gasteiger partial charge on any atom is -0.345 e. The van der Waals surface area contributed by atoms with Crippen LogP contribution in [0, 0.1) is 17.8 Å². The van der Waals surface area contributed by atoms with Gasteiger partial charge in [0.15, 0.2) is 0 Å². The Kier molecular flexibility index (Phi) is 4.15. The van der Waals surface area contributed by atoms with E-state index in [9.17, 15) is 9.59 Å². The Labute approximate surface area is 137 Å². The lowest BCUT2D eigenvalue weighted by molar-refractivity contribution is -0.117. The van der Waals surface area contributed by atoms with E-state index in [4.69, 9.17) is 5.73 Å². The number of rotatable bonds is 6. The molecule has 2 aliphatic rings. The molecule has 2 amide bonds. The second-order valence-electron chi connectivity index (χ2n) is 7.24. The van der Waals surface area contributed by atoms with Gasteiger partial charge in [0.05, 0.1) is 5.54 Å². The number of carbonyl (C=O) groups is 2. The van der Waals surface area contributed by atoms with Gasteiger partial charge in [0.25, 0.3) is 5.91 Å². The molecule has 0 aliphatic heterocycles. The third kappa shape index (κ3) is 3.55. The van der Waals surface area contributed by atoms with Crippen LogP contribution in [0.1, 0.15) is 43.5 Å². The summed E-state index contributed by atoms with van der Waals surface area (Å²) < 4.78 is 0. The third-order valence-electron chi connectivity index (χ3n) is 5.16. The normalized spacial score (nSPS) is 25.3. The first kappa shape index (κ1) is 16.0. The highest BCUT2D eigenvalue weighted by Gasteiger charge is 2.41. The summed E-state index contributed by atoms with van der Waals surface area (Å²) in [6.45, 7) is 4.52. The fourth-order valence-electron chi connectivity index (χ4n) is 3.00. The number of benzene rings is 1. The van der Waals surface area contributed by atoms with Crippen molar-refractivity contribution >= 4 is 17.5 Å². The smallest absolute Gasteiger partial charge is 0.251 e. The maximum absolute atomic E-state index is 12.4. The van der Waals surface area contributed by atoms with Crippen LogP contribution < -0.4 is 16.4 Å². The van der Waals surface area contributed by atoms with Gasteiger partial charge in [-0.2, -0.15) is 0 Å². The molecule has 0 spiro atoms.